The molecule has 1 fully saturated rings. The van der Waals surface area contributed by atoms with E-state index in [0.717, 1.165) is 0 Å². The summed E-state index contributed by atoms with van der Waals surface area (Å²) in [7, 11) is -3.38. The van der Waals surface area contributed by atoms with Crippen molar-refractivity contribution in [2.24, 2.45) is 0 Å². The monoisotopic (exact) mass is 262 g/mol. The molecular weight excluding hydrogens is 240 g/mol. The molecule has 0 saturated carbocycles. The van der Waals surface area contributed by atoms with Gasteiger partial charge in [-0.05, 0) is 39.8 Å². The zero-order chi connectivity index (χ0) is 13.1. The highest BCUT2D eigenvalue weighted by atomic mass is 32.2. The van der Waals surface area contributed by atoms with Gasteiger partial charge in [-0.1, -0.05) is 0 Å². The maximum atomic E-state index is 12.4. The molecule has 0 aromatic heterocycles. The van der Waals surface area contributed by atoms with E-state index in [1.807, 2.05) is 13.8 Å². The van der Waals surface area contributed by atoms with Crippen LogP contribution < -0.4 is 5.32 Å². The number of nitrogens with one attached hydrogen (secondary N) is 1. The van der Waals surface area contributed by atoms with Crippen molar-refractivity contribution in [3.8, 4) is 0 Å². The van der Waals surface area contributed by atoms with Gasteiger partial charge in [0.05, 0.1) is 0 Å². The Balaban J connectivity index is 3.11. The fourth-order valence-corrected chi connectivity index (χ4v) is 3.76. The van der Waals surface area contributed by atoms with Gasteiger partial charge in [0.25, 0.3) is 0 Å². The van der Waals surface area contributed by atoms with E-state index >= 15 is 0 Å². The molecule has 0 bridgehead atoms. The van der Waals surface area contributed by atoms with E-state index < -0.39 is 14.6 Å². The van der Waals surface area contributed by atoms with Gasteiger partial charge in [-0.3, -0.25) is 4.79 Å². The standard InChI is InChI=1S/C11H22N2O3S/c1-4-13(5-2)10(14)11(17(3,15)16)6-8-12-9-7-11/h12H,4-9H2,1-3H3. The van der Waals surface area contributed by atoms with Crippen molar-refractivity contribution >= 4 is 15.7 Å². The van der Waals surface area contributed by atoms with Crippen LogP contribution in [0, 0.1) is 0 Å². The number of rotatable bonds is 4. The third kappa shape index (κ3) is 2.63. The van der Waals surface area contributed by atoms with Gasteiger partial charge < -0.3 is 10.2 Å². The first-order chi connectivity index (χ1) is 7.89. The van der Waals surface area contributed by atoms with E-state index in [2.05, 4.69) is 5.32 Å². The Labute approximate surface area is 103 Å². The van der Waals surface area contributed by atoms with E-state index in [4.69, 9.17) is 0 Å². The van der Waals surface area contributed by atoms with E-state index in [1.54, 1.807) is 4.90 Å². The highest BCUT2D eigenvalue weighted by molar-refractivity contribution is 7.92. The predicted molar refractivity (Wildman–Crippen MR) is 67.6 cm³/mol. The maximum Gasteiger partial charge on any atom is 0.244 e. The minimum Gasteiger partial charge on any atom is -0.342 e. The first-order valence-corrected chi connectivity index (χ1v) is 7.98. The molecule has 1 heterocycles. The predicted octanol–water partition coefficient (Wildman–Crippen LogP) is 0.0216. The Morgan fingerprint density at radius 2 is 1.71 bits per heavy atom. The lowest BCUT2D eigenvalue weighted by molar-refractivity contribution is -0.134. The van der Waals surface area contributed by atoms with E-state index in [-0.39, 0.29) is 5.91 Å². The summed E-state index contributed by atoms with van der Waals surface area (Å²) in [5.41, 5.74) is 0. The molecule has 0 radical (unpaired) electrons. The van der Waals surface area contributed by atoms with Gasteiger partial charge in [0, 0.05) is 19.3 Å². The number of hydrogen-bond acceptors (Lipinski definition) is 4. The van der Waals surface area contributed by atoms with E-state index in [0.29, 0.717) is 39.0 Å². The molecule has 0 unspecified atom stereocenters. The highest BCUT2D eigenvalue weighted by Gasteiger charge is 2.49. The second-order valence-electron chi connectivity index (χ2n) is 4.49. The van der Waals surface area contributed by atoms with Crippen LogP contribution in [0.15, 0.2) is 0 Å². The summed E-state index contributed by atoms with van der Waals surface area (Å²) in [5, 5.41) is 3.11. The minimum atomic E-state index is -3.38. The molecule has 0 aliphatic carbocycles. The summed E-state index contributed by atoms with van der Waals surface area (Å²) in [6.45, 7) is 6.02. The van der Waals surface area contributed by atoms with E-state index in [1.165, 1.54) is 6.26 Å². The average molecular weight is 262 g/mol. The molecule has 100 valence electrons. The van der Waals surface area contributed by atoms with Crippen LogP contribution in [0.2, 0.25) is 0 Å². The Hall–Kier alpha value is -0.620. The number of nitrogens with zero attached hydrogens (tertiary/aromatic N) is 1. The second kappa shape index (κ2) is 5.35. The van der Waals surface area contributed by atoms with Crippen molar-refractivity contribution < 1.29 is 13.2 Å². The highest BCUT2D eigenvalue weighted by Crippen LogP contribution is 2.30. The number of carbonyl (C=O) groups excluding carboxylic acids is 1. The van der Waals surface area contributed by atoms with E-state index in [9.17, 15) is 13.2 Å². The van der Waals surface area contributed by atoms with Gasteiger partial charge in [0.1, 0.15) is 0 Å². The SMILES string of the molecule is CCN(CC)C(=O)C1(S(C)(=O)=O)CCNCC1. The van der Waals surface area contributed by atoms with Crippen molar-refractivity contribution in [3.63, 3.8) is 0 Å². The summed E-state index contributed by atoms with van der Waals surface area (Å²) >= 11 is 0. The van der Waals surface area contributed by atoms with Crippen molar-refractivity contribution in [3.05, 3.63) is 0 Å². The summed E-state index contributed by atoms with van der Waals surface area (Å²) in [5.74, 6) is -0.230. The van der Waals surface area contributed by atoms with Crippen molar-refractivity contribution in [2.45, 2.75) is 31.4 Å². The fraction of sp³-hybridized carbons (Fsp3) is 0.909. The summed E-state index contributed by atoms with van der Waals surface area (Å²) in [6.07, 6.45) is 1.93. The number of piperidine rings is 1. The molecule has 1 amide bonds. The molecule has 6 heteroatoms. The van der Waals surface area contributed by atoms with Crippen LogP contribution in [-0.4, -0.2) is 56.4 Å². The summed E-state index contributed by atoms with van der Waals surface area (Å²) in [6, 6.07) is 0. The van der Waals surface area contributed by atoms with Crippen LogP contribution >= 0.6 is 0 Å². The van der Waals surface area contributed by atoms with Crippen LogP contribution in [-0.2, 0) is 14.6 Å². The topological polar surface area (TPSA) is 66.5 Å². The van der Waals surface area contributed by atoms with Crippen molar-refractivity contribution in [1.82, 2.24) is 10.2 Å². The lowest BCUT2D eigenvalue weighted by Gasteiger charge is -2.37. The molecule has 17 heavy (non-hydrogen) atoms. The Morgan fingerprint density at radius 3 is 2.06 bits per heavy atom. The zero-order valence-electron chi connectivity index (χ0n) is 10.8. The summed E-state index contributed by atoms with van der Waals surface area (Å²) < 4.78 is 22.8. The second-order valence-corrected chi connectivity index (χ2v) is 6.82. The molecule has 0 aromatic carbocycles. The average Bonchev–Trinajstić information content (AvgIpc) is 2.30. The molecule has 0 aromatic rings. The third-order valence-electron chi connectivity index (χ3n) is 3.56. The van der Waals surface area contributed by atoms with Crippen LogP contribution in [0.3, 0.4) is 0 Å². The van der Waals surface area contributed by atoms with Gasteiger partial charge in [0.15, 0.2) is 14.6 Å². The van der Waals surface area contributed by atoms with Gasteiger partial charge >= 0.3 is 0 Å². The van der Waals surface area contributed by atoms with Gasteiger partial charge in [-0.15, -0.1) is 0 Å². The molecule has 0 atom stereocenters. The van der Waals surface area contributed by atoms with Gasteiger partial charge in [0.2, 0.25) is 5.91 Å². The molecule has 1 saturated heterocycles. The minimum absolute atomic E-state index is 0.230. The first-order valence-electron chi connectivity index (χ1n) is 6.08. The van der Waals surface area contributed by atoms with Crippen LogP contribution in [0.25, 0.3) is 0 Å². The molecular formula is C11H22N2O3S. The molecule has 1 rings (SSSR count). The lowest BCUT2D eigenvalue weighted by atomic mass is 9.95. The van der Waals surface area contributed by atoms with Crippen LogP contribution in [0.5, 0.6) is 0 Å². The first kappa shape index (κ1) is 14.4. The van der Waals surface area contributed by atoms with Gasteiger partial charge in [-0.2, -0.15) is 0 Å². The molecule has 1 aliphatic rings. The van der Waals surface area contributed by atoms with Crippen LogP contribution in [0.1, 0.15) is 26.7 Å². The van der Waals surface area contributed by atoms with Crippen molar-refractivity contribution in [1.29, 1.82) is 0 Å². The number of sulfone groups is 1. The Bertz CT molecular complexity index is 368. The summed E-state index contributed by atoms with van der Waals surface area (Å²) in [4.78, 5) is 14.1. The quantitative estimate of drug-likeness (QED) is 0.776. The normalized spacial score (nSPS) is 19.9. The number of carbonyl (C=O) groups is 1. The molecule has 1 aliphatic heterocycles. The lowest BCUT2D eigenvalue weighted by Crippen LogP contribution is -2.58. The smallest absolute Gasteiger partial charge is 0.244 e. The molecule has 5 nitrogen and oxygen atoms in total. The number of hydrogen-bond donors (Lipinski definition) is 1. The Morgan fingerprint density at radius 1 is 1.24 bits per heavy atom. The van der Waals surface area contributed by atoms with Crippen LogP contribution in [0.4, 0.5) is 0 Å². The Kier molecular flexibility index (Phi) is 4.55. The third-order valence-corrected chi connectivity index (χ3v) is 5.56. The molecule has 0 spiro atoms. The maximum absolute atomic E-state index is 12.4. The van der Waals surface area contributed by atoms with Crippen molar-refractivity contribution in [2.75, 3.05) is 32.4 Å². The fourth-order valence-electron chi connectivity index (χ4n) is 2.37. The number of amides is 1. The van der Waals surface area contributed by atoms with Gasteiger partial charge in [-0.25, -0.2) is 8.42 Å². The molecule has 1 N–H and O–H groups in total. The largest absolute Gasteiger partial charge is 0.342 e. The zero-order valence-corrected chi connectivity index (χ0v) is 11.6.